The number of carboxylic acid groups (broad SMARTS) is 3. The SMILES string of the molecule is NC=O.NC=O.NC=O.O=CO.O=CO.O=CO. The minimum absolute atomic E-state index is 0.250. The molecule has 0 bridgehead atoms. The first-order valence-electron chi connectivity index (χ1n) is 3.19. The lowest BCUT2D eigenvalue weighted by molar-refractivity contribution is -0.123. The van der Waals surface area contributed by atoms with E-state index in [2.05, 4.69) is 17.2 Å². The fraction of sp³-hybridized carbons (Fsp3) is 0. The van der Waals surface area contributed by atoms with Crippen molar-refractivity contribution in [3.8, 4) is 0 Å². The Bertz CT molecular complexity index is 118. The van der Waals surface area contributed by atoms with Crippen LogP contribution in [0, 0.1) is 0 Å². The highest BCUT2D eigenvalue weighted by molar-refractivity contribution is 5.42. The summed E-state index contributed by atoms with van der Waals surface area (Å²) in [7, 11) is 0. The first kappa shape index (κ1) is 36.4. The standard InChI is InChI=1S/3CH3NO.3CH2O2/c6*2-1-3/h3*1H,(H2,2,3);3*1H,(H,2,3). The average molecular weight is 273 g/mol. The van der Waals surface area contributed by atoms with Crippen LogP contribution in [0.15, 0.2) is 0 Å². The van der Waals surface area contributed by atoms with Crippen LogP contribution < -0.4 is 17.2 Å². The number of primary amides is 3. The van der Waals surface area contributed by atoms with Gasteiger partial charge in [-0.05, 0) is 0 Å². The van der Waals surface area contributed by atoms with Crippen LogP contribution in [-0.2, 0) is 28.8 Å². The van der Waals surface area contributed by atoms with Gasteiger partial charge in [0.1, 0.15) is 0 Å². The molecule has 9 N–H and O–H groups in total. The van der Waals surface area contributed by atoms with Crippen LogP contribution in [0.2, 0.25) is 0 Å². The van der Waals surface area contributed by atoms with Crippen LogP contribution in [0.25, 0.3) is 0 Å². The average Bonchev–Trinajstić information content (AvgIpc) is 2.23. The molecule has 0 aliphatic rings. The van der Waals surface area contributed by atoms with E-state index >= 15 is 0 Å². The van der Waals surface area contributed by atoms with Crippen LogP contribution in [0.5, 0.6) is 0 Å². The normalized spacial score (nSPS) is 4.00. The summed E-state index contributed by atoms with van der Waals surface area (Å²) in [5.41, 5.74) is 12.5. The maximum atomic E-state index is 8.58. The van der Waals surface area contributed by atoms with Crippen LogP contribution in [0.1, 0.15) is 0 Å². The van der Waals surface area contributed by atoms with E-state index in [0.29, 0.717) is 0 Å². The monoisotopic (exact) mass is 273 g/mol. The number of carbonyl (C=O) groups is 6. The number of hydrogen-bond acceptors (Lipinski definition) is 6. The zero-order valence-electron chi connectivity index (χ0n) is 8.99. The summed E-state index contributed by atoms with van der Waals surface area (Å²) in [5, 5.41) is 20.7. The summed E-state index contributed by atoms with van der Waals surface area (Å²) in [6, 6.07) is 0. The predicted octanol–water partition coefficient (Wildman–Crippen LogP) is -3.59. The highest BCUT2D eigenvalue weighted by Crippen LogP contribution is 0.972. The van der Waals surface area contributed by atoms with Gasteiger partial charge in [-0.3, -0.25) is 28.8 Å². The molecule has 0 rings (SSSR count). The Morgan fingerprint density at radius 2 is 0.500 bits per heavy atom. The molecule has 0 aromatic heterocycles. The van der Waals surface area contributed by atoms with Crippen LogP contribution in [0.4, 0.5) is 0 Å². The first-order valence-corrected chi connectivity index (χ1v) is 3.19. The van der Waals surface area contributed by atoms with Gasteiger partial charge in [0.05, 0.1) is 0 Å². The number of rotatable bonds is 0. The van der Waals surface area contributed by atoms with E-state index in [9.17, 15) is 0 Å². The van der Waals surface area contributed by atoms with Gasteiger partial charge in [-0.1, -0.05) is 0 Å². The first-order chi connectivity index (χ1) is 8.49. The van der Waals surface area contributed by atoms with Gasteiger partial charge in [0.15, 0.2) is 0 Å². The Kier molecular flexibility index (Phi) is 577. The van der Waals surface area contributed by atoms with Gasteiger partial charge in [0.2, 0.25) is 19.2 Å². The Balaban J connectivity index is -0.0000000240. The highest BCUT2D eigenvalue weighted by atomic mass is 16.4. The number of carbonyl (C=O) groups excluding carboxylic acids is 3. The molecule has 0 fully saturated rings. The largest absolute Gasteiger partial charge is 0.483 e. The smallest absolute Gasteiger partial charge is 0.290 e. The van der Waals surface area contributed by atoms with Crippen molar-refractivity contribution in [1.82, 2.24) is 0 Å². The summed E-state index contributed by atoms with van der Waals surface area (Å²) < 4.78 is 0. The molecule has 18 heavy (non-hydrogen) atoms. The molecule has 12 nitrogen and oxygen atoms in total. The van der Waals surface area contributed by atoms with E-state index in [1.54, 1.807) is 0 Å². The van der Waals surface area contributed by atoms with Crippen molar-refractivity contribution in [2.45, 2.75) is 0 Å². The fourth-order valence-electron chi connectivity index (χ4n) is 0. The Labute approximate surface area is 101 Å². The predicted molar refractivity (Wildman–Crippen MR) is 56.8 cm³/mol. The molecule has 0 aliphatic heterocycles. The second-order valence-electron chi connectivity index (χ2n) is 0.724. The molecule has 0 unspecified atom stereocenters. The van der Waals surface area contributed by atoms with Gasteiger partial charge in [0, 0.05) is 0 Å². The summed E-state index contributed by atoms with van der Waals surface area (Å²) in [6.07, 6.45) is 0.750. The second kappa shape index (κ2) is 286. The number of amides is 3. The Morgan fingerprint density at radius 3 is 0.500 bits per heavy atom. The number of nitrogens with two attached hydrogens (primary N) is 3. The van der Waals surface area contributed by atoms with Crippen LogP contribution in [-0.4, -0.2) is 54.0 Å². The molecule has 0 atom stereocenters. The van der Waals surface area contributed by atoms with Gasteiger partial charge in [-0.25, -0.2) is 0 Å². The van der Waals surface area contributed by atoms with Gasteiger partial charge in [-0.2, -0.15) is 0 Å². The molecule has 0 aromatic rings. The lowest BCUT2D eigenvalue weighted by atomic mass is 11.5. The molecule has 0 spiro atoms. The summed E-state index contributed by atoms with van der Waals surface area (Å²) in [4.78, 5) is 50.8. The lowest BCUT2D eigenvalue weighted by Gasteiger charge is -1.34. The molecule has 0 saturated carbocycles. The van der Waals surface area contributed by atoms with E-state index in [1.165, 1.54) is 0 Å². The van der Waals surface area contributed by atoms with E-state index in [4.69, 9.17) is 44.1 Å². The van der Waals surface area contributed by atoms with Crippen molar-refractivity contribution in [3.05, 3.63) is 0 Å². The maximum Gasteiger partial charge on any atom is 0.290 e. The van der Waals surface area contributed by atoms with Crippen LogP contribution >= 0.6 is 0 Å². The van der Waals surface area contributed by atoms with Gasteiger partial charge >= 0.3 is 0 Å². The third-order valence-corrected chi connectivity index (χ3v) is 0. The molecule has 108 valence electrons. The molecule has 12 heteroatoms. The van der Waals surface area contributed by atoms with Crippen molar-refractivity contribution in [3.63, 3.8) is 0 Å². The van der Waals surface area contributed by atoms with Crippen molar-refractivity contribution in [1.29, 1.82) is 0 Å². The molecule has 0 heterocycles. The van der Waals surface area contributed by atoms with Crippen LogP contribution in [0.3, 0.4) is 0 Å². The third kappa shape index (κ3) is 177. The van der Waals surface area contributed by atoms with Crippen molar-refractivity contribution < 1.29 is 44.1 Å². The molecule has 0 aliphatic carbocycles. The van der Waals surface area contributed by atoms with E-state index in [-0.39, 0.29) is 38.6 Å². The second-order valence-corrected chi connectivity index (χ2v) is 0.724. The topological polar surface area (TPSA) is 241 Å². The Morgan fingerprint density at radius 1 is 0.500 bits per heavy atom. The fourth-order valence-corrected chi connectivity index (χ4v) is 0. The van der Waals surface area contributed by atoms with Crippen molar-refractivity contribution >= 4 is 38.6 Å². The third-order valence-electron chi connectivity index (χ3n) is 0. The highest BCUT2D eigenvalue weighted by Gasteiger charge is 1.23. The molecule has 0 aromatic carbocycles. The van der Waals surface area contributed by atoms with E-state index < -0.39 is 0 Å². The lowest BCUT2D eigenvalue weighted by Crippen LogP contribution is -1.82. The minimum atomic E-state index is -0.250. The zero-order chi connectivity index (χ0) is 16.2. The van der Waals surface area contributed by atoms with E-state index in [1.807, 2.05) is 0 Å². The molecule has 3 amide bonds. The Hall–Kier alpha value is -3.18. The summed E-state index contributed by atoms with van der Waals surface area (Å²) >= 11 is 0. The quantitative estimate of drug-likeness (QED) is 0.238. The van der Waals surface area contributed by atoms with Gasteiger partial charge in [-0.15, -0.1) is 0 Å². The van der Waals surface area contributed by atoms with E-state index in [0.717, 1.165) is 0 Å². The maximum absolute atomic E-state index is 8.58. The molecular formula is C6H15N3O9. The molecule has 0 saturated heterocycles. The van der Waals surface area contributed by atoms with Crippen molar-refractivity contribution in [2.24, 2.45) is 17.2 Å². The minimum Gasteiger partial charge on any atom is -0.483 e. The zero-order valence-corrected chi connectivity index (χ0v) is 8.99. The summed E-state index contributed by atoms with van der Waals surface area (Å²) in [6.45, 7) is -0.750. The van der Waals surface area contributed by atoms with Gasteiger partial charge < -0.3 is 32.5 Å². The number of hydrogen-bond donors (Lipinski definition) is 6. The van der Waals surface area contributed by atoms with Gasteiger partial charge in [0.25, 0.3) is 19.4 Å². The summed E-state index contributed by atoms with van der Waals surface area (Å²) in [5.74, 6) is 0. The molecular weight excluding hydrogens is 258 g/mol. The van der Waals surface area contributed by atoms with Crippen molar-refractivity contribution in [2.75, 3.05) is 0 Å². The molecule has 0 radical (unpaired) electrons.